The first-order chi connectivity index (χ1) is 16.3. The minimum Gasteiger partial charge on any atom is -0.486 e. The molecule has 0 bridgehead atoms. The van der Waals surface area contributed by atoms with Gasteiger partial charge in [0.05, 0.1) is 15.9 Å². The zero-order chi connectivity index (χ0) is 24.3. The van der Waals surface area contributed by atoms with Crippen LogP contribution in [0.25, 0.3) is 11.0 Å². The Labute approximate surface area is 199 Å². The molecular formula is C24H30N4O5S. The second kappa shape index (κ2) is 10.0. The highest BCUT2D eigenvalue weighted by Crippen LogP contribution is 2.30. The number of rotatable bonds is 9. The van der Waals surface area contributed by atoms with Gasteiger partial charge in [-0.3, -0.25) is 4.79 Å². The molecule has 34 heavy (non-hydrogen) atoms. The van der Waals surface area contributed by atoms with Crippen LogP contribution in [0.2, 0.25) is 0 Å². The van der Waals surface area contributed by atoms with Crippen molar-refractivity contribution in [3.63, 3.8) is 0 Å². The van der Waals surface area contributed by atoms with Crippen LogP contribution in [0, 0.1) is 0 Å². The first-order valence-electron chi connectivity index (χ1n) is 11.4. The quantitative estimate of drug-likeness (QED) is 0.498. The predicted octanol–water partition coefficient (Wildman–Crippen LogP) is 2.37. The molecule has 1 aliphatic rings. The number of fused-ring (bicyclic) bond motifs is 2. The minimum absolute atomic E-state index is 0.0527. The van der Waals surface area contributed by atoms with Crippen LogP contribution < -0.4 is 14.8 Å². The summed E-state index contributed by atoms with van der Waals surface area (Å²) in [7, 11) is -0.534. The predicted molar refractivity (Wildman–Crippen MR) is 129 cm³/mol. The van der Waals surface area contributed by atoms with Crippen LogP contribution >= 0.6 is 0 Å². The lowest BCUT2D eigenvalue weighted by Gasteiger charge is -2.18. The third-order valence-corrected chi connectivity index (χ3v) is 7.62. The number of hydrogen-bond acceptors (Lipinski definition) is 6. The lowest BCUT2D eigenvalue weighted by atomic mass is 10.1. The first-order valence-corrected chi connectivity index (χ1v) is 12.8. The number of nitrogens with zero attached hydrogens (tertiary/aromatic N) is 3. The maximum absolute atomic E-state index is 12.5. The van der Waals surface area contributed by atoms with Crippen molar-refractivity contribution in [3.05, 3.63) is 47.8 Å². The molecule has 10 heteroatoms. The Hall–Kier alpha value is -3.11. The highest BCUT2D eigenvalue weighted by atomic mass is 32.2. The summed E-state index contributed by atoms with van der Waals surface area (Å²) in [5.74, 6) is 2.21. The smallest absolute Gasteiger partial charge is 0.242 e. The summed E-state index contributed by atoms with van der Waals surface area (Å²) in [6, 6.07) is 10.8. The summed E-state index contributed by atoms with van der Waals surface area (Å²) in [4.78, 5) is 17.3. The number of imidazole rings is 1. The van der Waals surface area contributed by atoms with Crippen molar-refractivity contribution in [1.29, 1.82) is 0 Å². The van der Waals surface area contributed by atoms with Gasteiger partial charge in [-0.15, -0.1) is 0 Å². The molecule has 0 aliphatic carbocycles. The van der Waals surface area contributed by atoms with Crippen LogP contribution in [0.3, 0.4) is 0 Å². The number of aromatic nitrogens is 2. The van der Waals surface area contributed by atoms with Crippen LogP contribution in [-0.2, 0) is 34.2 Å². The van der Waals surface area contributed by atoms with Crippen molar-refractivity contribution in [2.24, 2.45) is 0 Å². The van der Waals surface area contributed by atoms with Crippen molar-refractivity contribution in [2.75, 3.05) is 33.9 Å². The van der Waals surface area contributed by atoms with Gasteiger partial charge in [-0.2, -0.15) is 0 Å². The van der Waals surface area contributed by atoms with Crippen molar-refractivity contribution in [2.45, 2.75) is 37.6 Å². The van der Waals surface area contributed by atoms with E-state index in [-0.39, 0.29) is 10.8 Å². The highest BCUT2D eigenvalue weighted by molar-refractivity contribution is 7.89. The van der Waals surface area contributed by atoms with Crippen molar-refractivity contribution in [3.8, 4) is 11.5 Å². The molecule has 1 amide bonds. The van der Waals surface area contributed by atoms with Crippen LogP contribution in [0.15, 0.2) is 41.3 Å². The molecule has 0 atom stereocenters. The van der Waals surface area contributed by atoms with Gasteiger partial charge in [-0.25, -0.2) is 17.7 Å². The molecule has 3 aromatic rings. The summed E-state index contributed by atoms with van der Waals surface area (Å²) in [6.45, 7) is 4.31. The molecule has 9 nitrogen and oxygen atoms in total. The molecule has 2 aromatic carbocycles. The Morgan fingerprint density at radius 3 is 2.59 bits per heavy atom. The third kappa shape index (κ3) is 5.02. The van der Waals surface area contributed by atoms with E-state index in [0.29, 0.717) is 51.1 Å². The van der Waals surface area contributed by atoms with E-state index in [1.165, 1.54) is 18.4 Å². The molecule has 182 valence electrons. The van der Waals surface area contributed by atoms with E-state index < -0.39 is 10.0 Å². The molecule has 0 fully saturated rings. The second-order valence-electron chi connectivity index (χ2n) is 8.29. The van der Waals surface area contributed by atoms with Gasteiger partial charge >= 0.3 is 0 Å². The van der Waals surface area contributed by atoms with E-state index in [4.69, 9.17) is 9.47 Å². The number of amides is 1. The van der Waals surface area contributed by atoms with Crippen LogP contribution in [0.1, 0.15) is 24.7 Å². The largest absolute Gasteiger partial charge is 0.486 e. The normalized spacial score (nSPS) is 13.4. The fourth-order valence-electron chi connectivity index (χ4n) is 3.98. The molecule has 1 aliphatic heterocycles. The van der Waals surface area contributed by atoms with E-state index in [2.05, 4.69) is 10.3 Å². The maximum atomic E-state index is 12.5. The molecular weight excluding hydrogens is 456 g/mol. The minimum atomic E-state index is -3.54. The lowest BCUT2D eigenvalue weighted by Crippen LogP contribution is -2.26. The zero-order valence-corrected chi connectivity index (χ0v) is 20.5. The molecule has 1 N–H and O–H groups in total. The maximum Gasteiger partial charge on any atom is 0.242 e. The Morgan fingerprint density at radius 1 is 1.09 bits per heavy atom. The van der Waals surface area contributed by atoms with E-state index in [9.17, 15) is 13.2 Å². The highest BCUT2D eigenvalue weighted by Gasteiger charge is 2.20. The van der Waals surface area contributed by atoms with Gasteiger partial charge in [-0.1, -0.05) is 6.07 Å². The molecule has 0 radical (unpaired) electrons. The van der Waals surface area contributed by atoms with E-state index in [1.807, 2.05) is 29.7 Å². The van der Waals surface area contributed by atoms with Gasteiger partial charge < -0.3 is 19.4 Å². The van der Waals surface area contributed by atoms with Gasteiger partial charge in [0.25, 0.3) is 0 Å². The molecule has 0 spiro atoms. The number of hydrogen-bond donors (Lipinski definition) is 1. The fourth-order valence-corrected chi connectivity index (χ4v) is 4.90. The topological polar surface area (TPSA) is 103 Å². The Bertz CT molecular complexity index is 1300. The molecule has 4 rings (SSSR count). The average Bonchev–Trinajstić information content (AvgIpc) is 3.19. The summed E-state index contributed by atoms with van der Waals surface area (Å²) < 4.78 is 39.2. The van der Waals surface area contributed by atoms with Gasteiger partial charge in [0.2, 0.25) is 15.9 Å². The summed E-state index contributed by atoms with van der Waals surface area (Å²) >= 11 is 0. The van der Waals surface area contributed by atoms with Gasteiger partial charge in [0.15, 0.2) is 11.5 Å². The van der Waals surface area contributed by atoms with E-state index >= 15 is 0 Å². The summed E-state index contributed by atoms with van der Waals surface area (Å²) in [5, 5.41) is 2.96. The van der Waals surface area contributed by atoms with Gasteiger partial charge in [0, 0.05) is 40.0 Å². The van der Waals surface area contributed by atoms with E-state index in [1.54, 1.807) is 18.2 Å². The molecule has 1 aromatic heterocycles. The number of aryl methyl sites for hydroxylation is 2. The van der Waals surface area contributed by atoms with Gasteiger partial charge in [-0.05, 0) is 49.2 Å². The molecule has 0 saturated heterocycles. The summed E-state index contributed by atoms with van der Waals surface area (Å²) in [5.41, 5.74) is 2.54. The number of nitrogens with one attached hydrogen (secondary N) is 1. The second-order valence-corrected chi connectivity index (χ2v) is 10.4. The van der Waals surface area contributed by atoms with Gasteiger partial charge in [0.1, 0.15) is 19.0 Å². The van der Waals surface area contributed by atoms with Crippen LogP contribution in [0.5, 0.6) is 11.5 Å². The Kier molecular flexibility index (Phi) is 7.08. The number of carbonyl (C=O) groups is 1. The Morgan fingerprint density at radius 2 is 1.85 bits per heavy atom. The van der Waals surface area contributed by atoms with E-state index in [0.717, 1.165) is 28.4 Å². The number of benzene rings is 2. The SMILES string of the molecule is CCn1c(CCC(=O)NCCc2ccc3c(c2)OCCO3)nc2cc(S(=O)(=O)N(C)C)ccc21. The zero-order valence-electron chi connectivity index (χ0n) is 19.7. The standard InChI is InChI=1S/C24H30N4O5S/c1-4-28-20-7-6-18(34(30,31)27(2)3)16-19(20)26-23(28)9-10-24(29)25-12-11-17-5-8-21-22(15-17)33-14-13-32-21/h5-8,15-16H,4,9-14H2,1-3H3,(H,25,29). The third-order valence-electron chi connectivity index (χ3n) is 5.81. The monoisotopic (exact) mass is 486 g/mol. The molecule has 0 saturated carbocycles. The average molecular weight is 487 g/mol. The Balaban J connectivity index is 1.36. The number of carbonyl (C=O) groups excluding carboxylic acids is 1. The number of sulfonamides is 1. The molecule has 2 heterocycles. The van der Waals surface area contributed by atoms with Crippen LogP contribution in [-0.4, -0.2) is 62.0 Å². The number of ether oxygens (including phenoxy) is 2. The van der Waals surface area contributed by atoms with Crippen LogP contribution in [0.4, 0.5) is 0 Å². The van der Waals surface area contributed by atoms with Crippen molar-refractivity contribution >= 4 is 27.0 Å². The first kappa shape index (κ1) is 24.0. The molecule has 0 unspecified atom stereocenters. The lowest BCUT2D eigenvalue weighted by molar-refractivity contribution is -0.121. The van der Waals surface area contributed by atoms with Crippen molar-refractivity contribution < 1.29 is 22.7 Å². The fraction of sp³-hybridized carbons (Fsp3) is 0.417. The van der Waals surface area contributed by atoms with Crippen molar-refractivity contribution in [1.82, 2.24) is 19.2 Å². The summed E-state index contributed by atoms with van der Waals surface area (Å²) in [6.07, 6.45) is 1.46.